The molecule has 0 bridgehead atoms. The van der Waals surface area contributed by atoms with Crippen molar-refractivity contribution in [3.8, 4) is 5.75 Å². The number of rotatable bonds is 5. The van der Waals surface area contributed by atoms with E-state index in [0.29, 0.717) is 0 Å². The predicted molar refractivity (Wildman–Crippen MR) is 96.4 cm³/mol. The zero-order valence-corrected chi connectivity index (χ0v) is 14.7. The largest absolute Gasteiger partial charge is 0.497 e. The molecule has 1 aromatic heterocycles. The second kappa shape index (κ2) is 7.64. The monoisotopic (exact) mass is 328 g/mol. The maximum absolute atomic E-state index is 5.20. The summed E-state index contributed by atoms with van der Waals surface area (Å²) in [6, 6.07) is 7.91. The average Bonchev–Trinajstić information content (AvgIpc) is 2.94. The third-order valence-corrected chi connectivity index (χ3v) is 5.31. The zero-order chi connectivity index (χ0) is 16.1. The van der Waals surface area contributed by atoms with Crippen LogP contribution in [0.3, 0.4) is 0 Å². The third kappa shape index (κ3) is 4.14. The summed E-state index contributed by atoms with van der Waals surface area (Å²) >= 11 is 1.71. The molecule has 0 atom stereocenters. The molecule has 0 saturated heterocycles. The van der Waals surface area contributed by atoms with Crippen molar-refractivity contribution < 1.29 is 4.74 Å². The summed E-state index contributed by atoms with van der Waals surface area (Å²) in [5.74, 6) is 0.864. The molecule has 0 spiro atoms. The molecular formula is C19H24N2OS. The third-order valence-electron chi connectivity index (χ3n) is 4.33. The quantitative estimate of drug-likeness (QED) is 0.710. The Balaban J connectivity index is 1.79. The lowest BCUT2D eigenvalue weighted by molar-refractivity contribution is 0.415. The number of aryl methyl sites for hydroxylation is 1. The van der Waals surface area contributed by atoms with Crippen molar-refractivity contribution in [2.75, 3.05) is 7.11 Å². The van der Waals surface area contributed by atoms with Crippen molar-refractivity contribution in [2.45, 2.75) is 45.6 Å². The van der Waals surface area contributed by atoms with Crippen LogP contribution in [-0.2, 0) is 6.54 Å². The lowest BCUT2D eigenvalue weighted by atomic mass is 9.97. The molecule has 0 fully saturated rings. The van der Waals surface area contributed by atoms with E-state index in [1.165, 1.54) is 31.4 Å². The van der Waals surface area contributed by atoms with Gasteiger partial charge in [0, 0.05) is 17.6 Å². The topological polar surface area (TPSA) is 26.5 Å². The van der Waals surface area contributed by atoms with Crippen molar-refractivity contribution in [3.63, 3.8) is 0 Å². The summed E-state index contributed by atoms with van der Waals surface area (Å²) < 4.78 is 7.54. The van der Waals surface area contributed by atoms with Gasteiger partial charge in [-0.05, 0) is 63.3 Å². The summed E-state index contributed by atoms with van der Waals surface area (Å²) in [5.41, 5.74) is 3.88. The van der Waals surface area contributed by atoms with Gasteiger partial charge in [0.1, 0.15) is 5.75 Å². The lowest BCUT2D eigenvalue weighted by Gasteiger charge is -2.13. The Labute approximate surface area is 142 Å². The van der Waals surface area contributed by atoms with E-state index in [1.807, 2.05) is 24.3 Å². The van der Waals surface area contributed by atoms with Crippen LogP contribution in [-0.4, -0.2) is 11.7 Å². The van der Waals surface area contributed by atoms with Gasteiger partial charge in [0.15, 0.2) is 4.80 Å². The van der Waals surface area contributed by atoms with Gasteiger partial charge >= 0.3 is 0 Å². The van der Waals surface area contributed by atoms with E-state index in [1.54, 1.807) is 24.0 Å². The minimum Gasteiger partial charge on any atom is -0.497 e. The molecule has 1 heterocycles. The molecule has 1 aromatic carbocycles. The number of hydrogen-bond donors (Lipinski definition) is 0. The molecule has 4 heteroatoms. The Bertz CT molecular complexity index is 737. The number of thiazole rings is 1. The molecule has 1 aliphatic carbocycles. The highest BCUT2D eigenvalue weighted by Crippen LogP contribution is 2.21. The molecule has 122 valence electrons. The highest BCUT2D eigenvalue weighted by Gasteiger charge is 2.06. The van der Waals surface area contributed by atoms with Crippen LogP contribution in [0.15, 0.2) is 46.3 Å². The molecule has 2 aromatic rings. The Morgan fingerprint density at radius 2 is 2.04 bits per heavy atom. The predicted octanol–water partition coefficient (Wildman–Crippen LogP) is 4.99. The molecular weight excluding hydrogens is 304 g/mol. The van der Waals surface area contributed by atoms with Gasteiger partial charge in [-0.1, -0.05) is 11.6 Å². The fourth-order valence-corrected chi connectivity index (χ4v) is 3.85. The number of allylic oxidation sites excluding steroid dienone is 2. The number of aromatic nitrogens is 1. The normalized spacial score (nSPS) is 15.6. The molecule has 1 aliphatic rings. The number of hydrogen-bond acceptors (Lipinski definition) is 3. The van der Waals surface area contributed by atoms with Crippen LogP contribution in [0.1, 0.15) is 37.8 Å². The minimum absolute atomic E-state index is 0.864. The average molecular weight is 328 g/mol. The van der Waals surface area contributed by atoms with Crippen molar-refractivity contribution in [1.29, 1.82) is 0 Å². The van der Waals surface area contributed by atoms with Crippen molar-refractivity contribution in [1.82, 2.24) is 4.57 Å². The van der Waals surface area contributed by atoms with Crippen LogP contribution in [0.4, 0.5) is 5.69 Å². The number of benzene rings is 1. The zero-order valence-electron chi connectivity index (χ0n) is 13.9. The summed E-state index contributed by atoms with van der Waals surface area (Å²) in [7, 11) is 1.68. The number of nitrogens with zero attached hydrogens (tertiary/aromatic N) is 2. The van der Waals surface area contributed by atoms with Gasteiger partial charge < -0.3 is 9.30 Å². The van der Waals surface area contributed by atoms with E-state index in [2.05, 4.69) is 22.9 Å². The Kier molecular flexibility index (Phi) is 5.34. The number of ether oxygens (including phenoxy) is 1. The maximum atomic E-state index is 5.20. The molecule has 0 N–H and O–H groups in total. The molecule has 0 amide bonds. The second-order valence-corrected chi connectivity index (χ2v) is 6.82. The van der Waals surface area contributed by atoms with Gasteiger partial charge in [0.2, 0.25) is 0 Å². The Morgan fingerprint density at radius 3 is 2.74 bits per heavy atom. The van der Waals surface area contributed by atoms with Crippen molar-refractivity contribution in [2.24, 2.45) is 4.99 Å². The van der Waals surface area contributed by atoms with Gasteiger partial charge in [0.25, 0.3) is 0 Å². The van der Waals surface area contributed by atoms with Gasteiger partial charge in [-0.25, -0.2) is 4.99 Å². The number of methoxy groups -OCH3 is 1. The summed E-state index contributed by atoms with van der Waals surface area (Å²) in [6.45, 7) is 3.19. The minimum atomic E-state index is 0.864. The van der Waals surface area contributed by atoms with E-state index < -0.39 is 0 Å². The first-order valence-electron chi connectivity index (χ1n) is 8.28. The van der Waals surface area contributed by atoms with E-state index >= 15 is 0 Å². The van der Waals surface area contributed by atoms with E-state index in [4.69, 9.17) is 9.73 Å². The van der Waals surface area contributed by atoms with Crippen LogP contribution >= 0.6 is 11.3 Å². The first-order chi connectivity index (χ1) is 11.3. The fourth-order valence-electron chi connectivity index (χ4n) is 2.93. The van der Waals surface area contributed by atoms with Crippen LogP contribution in [0, 0.1) is 6.92 Å². The summed E-state index contributed by atoms with van der Waals surface area (Å²) in [4.78, 5) is 5.88. The van der Waals surface area contributed by atoms with Gasteiger partial charge in [-0.2, -0.15) is 0 Å². The SMILES string of the molecule is COc1ccc(N=c2scc(C)n2CCC2=CCCCC2)cc1. The fraction of sp³-hybridized carbons (Fsp3) is 0.421. The van der Waals surface area contributed by atoms with Crippen LogP contribution in [0.5, 0.6) is 5.75 Å². The first kappa shape index (κ1) is 16.1. The van der Waals surface area contributed by atoms with E-state index in [-0.39, 0.29) is 0 Å². The van der Waals surface area contributed by atoms with Gasteiger partial charge in [0.05, 0.1) is 12.8 Å². The van der Waals surface area contributed by atoms with Crippen LogP contribution in [0.25, 0.3) is 0 Å². The van der Waals surface area contributed by atoms with Crippen LogP contribution < -0.4 is 9.54 Å². The highest BCUT2D eigenvalue weighted by atomic mass is 32.1. The Morgan fingerprint density at radius 1 is 1.22 bits per heavy atom. The van der Waals surface area contributed by atoms with Crippen molar-refractivity contribution in [3.05, 3.63) is 51.8 Å². The lowest BCUT2D eigenvalue weighted by Crippen LogP contribution is -2.16. The maximum Gasteiger partial charge on any atom is 0.190 e. The second-order valence-electron chi connectivity index (χ2n) is 5.98. The van der Waals surface area contributed by atoms with Crippen molar-refractivity contribution >= 4 is 17.0 Å². The molecule has 0 saturated carbocycles. The van der Waals surface area contributed by atoms with E-state index in [0.717, 1.165) is 29.2 Å². The Hall–Kier alpha value is -1.81. The summed E-state index contributed by atoms with van der Waals surface area (Å²) in [5, 5.41) is 2.19. The molecule has 3 rings (SSSR count). The first-order valence-corrected chi connectivity index (χ1v) is 9.16. The molecule has 23 heavy (non-hydrogen) atoms. The molecule has 3 nitrogen and oxygen atoms in total. The van der Waals surface area contributed by atoms with Crippen LogP contribution in [0.2, 0.25) is 0 Å². The van der Waals surface area contributed by atoms with E-state index in [9.17, 15) is 0 Å². The highest BCUT2D eigenvalue weighted by molar-refractivity contribution is 7.07. The molecule has 0 aliphatic heterocycles. The molecule has 0 unspecified atom stereocenters. The van der Waals surface area contributed by atoms with Gasteiger partial charge in [-0.15, -0.1) is 11.3 Å². The summed E-state index contributed by atoms with van der Waals surface area (Å²) in [6.07, 6.45) is 8.81. The smallest absolute Gasteiger partial charge is 0.190 e. The van der Waals surface area contributed by atoms with Gasteiger partial charge in [-0.3, -0.25) is 0 Å². The standard InChI is InChI=1S/C19H24N2OS/c1-15-14-23-19(20-17-8-10-18(22-2)11-9-17)21(15)13-12-16-6-4-3-5-7-16/h6,8-11,14H,3-5,7,12-13H2,1-2H3. The molecule has 0 radical (unpaired) electrons.